The number of anilines is 1. The Hall–Kier alpha value is -2.19. The minimum absolute atomic E-state index is 0.0989. The molecule has 1 amide bonds. The van der Waals surface area contributed by atoms with Gasteiger partial charge in [0.2, 0.25) is 15.9 Å². The van der Waals surface area contributed by atoms with E-state index in [9.17, 15) is 13.2 Å². The van der Waals surface area contributed by atoms with Gasteiger partial charge in [-0.2, -0.15) is 4.31 Å². The molecule has 0 saturated heterocycles. The van der Waals surface area contributed by atoms with Gasteiger partial charge in [0, 0.05) is 21.7 Å². The molecule has 3 aromatic carbocycles. The summed E-state index contributed by atoms with van der Waals surface area (Å²) in [7, 11) is -3.90. The van der Waals surface area contributed by atoms with Crippen molar-refractivity contribution in [2.24, 2.45) is 0 Å². The van der Waals surface area contributed by atoms with Crippen molar-refractivity contribution in [1.29, 1.82) is 0 Å². The highest BCUT2D eigenvalue weighted by Crippen LogP contribution is 2.27. The van der Waals surface area contributed by atoms with E-state index in [1.54, 1.807) is 0 Å². The van der Waals surface area contributed by atoms with Crippen LogP contribution in [0.5, 0.6) is 0 Å². The van der Waals surface area contributed by atoms with Gasteiger partial charge in [0.05, 0.1) is 11.4 Å². The molecule has 0 radical (unpaired) electrons. The van der Waals surface area contributed by atoms with Gasteiger partial charge in [-0.05, 0) is 72.9 Å². The zero-order valence-electron chi connectivity index (χ0n) is 18.5. The van der Waals surface area contributed by atoms with E-state index in [-0.39, 0.29) is 23.9 Å². The van der Waals surface area contributed by atoms with Gasteiger partial charge in [0.25, 0.3) is 0 Å². The van der Waals surface area contributed by atoms with Crippen LogP contribution in [0.25, 0.3) is 0 Å². The lowest BCUT2D eigenvalue weighted by Gasteiger charge is -2.23. The van der Waals surface area contributed by atoms with Gasteiger partial charge in [0.1, 0.15) is 0 Å². The summed E-state index contributed by atoms with van der Waals surface area (Å²) in [4.78, 5) is 13.1. The van der Waals surface area contributed by atoms with E-state index in [2.05, 4.69) is 21.2 Å². The average molecular weight is 550 g/mol. The van der Waals surface area contributed by atoms with Crippen LogP contribution in [0.2, 0.25) is 5.02 Å². The summed E-state index contributed by atoms with van der Waals surface area (Å²) in [6.45, 7) is 3.80. The SMILES string of the molecule is CCc1cc(Br)cc(C)c1NC(=O)CN(CCc1ccccc1)S(=O)(=O)c1ccc(Cl)cc1. The average Bonchev–Trinajstić information content (AvgIpc) is 2.79. The predicted octanol–water partition coefficient (Wildman–Crippen LogP) is 5.85. The lowest BCUT2D eigenvalue weighted by atomic mass is 10.1. The zero-order valence-corrected chi connectivity index (χ0v) is 21.7. The molecule has 0 aliphatic carbocycles. The van der Waals surface area contributed by atoms with Crippen LogP contribution >= 0.6 is 27.5 Å². The normalized spacial score (nSPS) is 11.5. The minimum Gasteiger partial charge on any atom is -0.324 e. The number of hydrogen-bond acceptors (Lipinski definition) is 3. The lowest BCUT2D eigenvalue weighted by molar-refractivity contribution is -0.116. The molecule has 0 spiro atoms. The van der Waals surface area contributed by atoms with Crippen LogP contribution in [0.15, 0.2) is 76.1 Å². The Bertz CT molecular complexity index is 1220. The number of sulfonamides is 1. The molecule has 0 aliphatic rings. The van der Waals surface area contributed by atoms with Crippen LogP contribution in [-0.4, -0.2) is 31.7 Å². The van der Waals surface area contributed by atoms with Gasteiger partial charge in [-0.3, -0.25) is 4.79 Å². The lowest BCUT2D eigenvalue weighted by Crippen LogP contribution is -2.39. The number of amides is 1. The maximum Gasteiger partial charge on any atom is 0.243 e. The molecular weight excluding hydrogens is 524 g/mol. The molecule has 0 aliphatic heterocycles. The van der Waals surface area contributed by atoms with E-state index in [0.29, 0.717) is 11.4 Å². The monoisotopic (exact) mass is 548 g/mol. The highest BCUT2D eigenvalue weighted by Gasteiger charge is 2.27. The van der Waals surface area contributed by atoms with Crippen molar-refractivity contribution in [3.8, 4) is 0 Å². The Labute approximate surface area is 209 Å². The number of carbonyl (C=O) groups is 1. The van der Waals surface area contributed by atoms with E-state index in [1.165, 1.54) is 28.6 Å². The van der Waals surface area contributed by atoms with Gasteiger partial charge in [-0.15, -0.1) is 0 Å². The largest absolute Gasteiger partial charge is 0.324 e. The van der Waals surface area contributed by atoms with E-state index in [1.807, 2.05) is 56.3 Å². The van der Waals surface area contributed by atoms with Crippen molar-refractivity contribution in [1.82, 2.24) is 4.31 Å². The number of halogens is 2. The Kier molecular flexibility index (Phi) is 8.70. The fourth-order valence-electron chi connectivity index (χ4n) is 3.55. The van der Waals surface area contributed by atoms with Crippen LogP contribution in [0.3, 0.4) is 0 Å². The van der Waals surface area contributed by atoms with Crippen LogP contribution in [0, 0.1) is 6.92 Å². The summed E-state index contributed by atoms with van der Waals surface area (Å²) in [5.74, 6) is -0.388. The standard InChI is InChI=1S/C25H26BrClN2O3S/c1-3-20-16-21(26)15-18(2)25(20)28-24(30)17-29(14-13-19-7-5-4-6-8-19)33(31,32)23-11-9-22(27)10-12-23/h4-12,15-16H,3,13-14,17H2,1-2H3,(H,28,30). The maximum atomic E-state index is 13.4. The van der Waals surface area contributed by atoms with Crippen molar-refractivity contribution in [2.75, 3.05) is 18.4 Å². The van der Waals surface area contributed by atoms with E-state index in [4.69, 9.17) is 11.6 Å². The topological polar surface area (TPSA) is 66.5 Å². The number of carbonyl (C=O) groups excluding carboxylic acids is 1. The first-order chi connectivity index (χ1) is 15.7. The predicted molar refractivity (Wildman–Crippen MR) is 137 cm³/mol. The van der Waals surface area contributed by atoms with E-state index >= 15 is 0 Å². The molecule has 1 N–H and O–H groups in total. The summed E-state index contributed by atoms with van der Waals surface area (Å²) in [6, 6.07) is 19.4. The smallest absolute Gasteiger partial charge is 0.243 e. The fraction of sp³-hybridized carbons (Fsp3) is 0.240. The summed E-state index contributed by atoms with van der Waals surface area (Å²) in [5, 5.41) is 3.38. The minimum atomic E-state index is -3.90. The first-order valence-electron chi connectivity index (χ1n) is 10.6. The summed E-state index contributed by atoms with van der Waals surface area (Å²) < 4.78 is 28.9. The molecule has 8 heteroatoms. The third kappa shape index (κ3) is 6.67. The molecule has 0 unspecified atom stereocenters. The van der Waals surface area contributed by atoms with Crippen molar-refractivity contribution < 1.29 is 13.2 Å². The molecule has 0 bridgehead atoms. The quantitative estimate of drug-likeness (QED) is 0.364. The summed E-state index contributed by atoms with van der Waals surface area (Å²) in [6.07, 6.45) is 1.22. The molecule has 3 aromatic rings. The third-order valence-corrected chi connectivity index (χ3v) is 7.86. The Balaban J connectivity index is 1.86. The molecule has 0 heterocycles. The van der Waals surface area contributed by atoms with E-state index < -0.39 is 10.0 Å². The fourth-order valence-corrected chi connectivity index (χ4v) is 5.69. The first-order valence-corrected chi connectivity index (χ1v) is 13.2. The first kappa shape index (κ1) is 25.4. The van der Waals surface area contributed by atoms with E-state index in [0.717, 1.165) is 33.3 Å². The maximum absolute atomic E-state index is 13.4. The second-order valence-electron chi connectivity index (χ2n) is 7.69. The third-order valence-electron chi connectivity index (χ3n) is 5.29. The number of nitrogens with zero attached hydrogens (tertiary/aromatic N) is 1. The molecule has 0 fully saturated rings. The van der Waals surface area contributed by atoms with Crippen molar-refractivity contribution >= 4 is 49.1 Å². The highest BCUT2D eigenvalue weighted by atomic mass is 79.9. The molecule has 5 nitrogen and oxygen atoms in total. The number of nitrogens with one attached hydrogen (secondary N) is 1. The Morgan fingerprint density at radius 1 is 1.06 bits per heavy atom. The molecule has 0 atom stereocenters. The van der Waals surface area contributed by atoms with Gasteiger partial charge < -0.3 is 5.32 Å². The molecule has 3 rings (SSSR count). The van der Waals surface area contributed by atoms with Gasteiger partial charge in [-0.1, -0.05) is 64.8 Å². The van der Waals surface area contributed by atoms with Crippen molar-refractivity contribution in [3.05, 3.63) is 92.9 Å². The van der Waals surface area contributed by atoms with Crippen LogP contribution in [0.1, 0.15) is 23.6 Å². The van der Waals surface area contributed by atoms with Crippen LogP contribution in [0.4, 0.5) is 5.69 Å². The van der Waals surface area contributed by atoms with Crippen molar-refractivity contribution in [2.45, 2.75) is 31.6 Å². The van der Waals surface area contributed by atoms with Gasteiger partial charge in [0.15, 0.2) is 0 Å². The Morgan fingerprint density at radius 2 is 1.73 bits per heavy atom. The second-order valence-corrected chi connectivity index (χ2v) is 11.0. The zero-order chi connectivity index (χ0) is 24.0. The summed E-state index contributed by atoms with van der Waals surface area (Å²) in [5.41, 5.74) is 3.60. The molecule has 174 valence electrons. The van der Waals surface area contributed by atoms with Gasteiger partial charge >= 0.3 is 0 Å². The number of benzene rings is 3. The molecule has 33 heavy (non-hydrogen) atoms. The number of aryl methyl sites for hydroxylation is 2. The Morgan fingerprint density at radius 3 is 2.36 bits per heavy atom. The van der Waals surface area contributed by atoms with Gasteiger partial charge in [-0.25, -0.2) is 8.42 Å². The number of rotatable bonds is 9. The molecule has 0 saturated carbocycles. The second kappa shape index (κ2) is 11.3. The van der Waals surface area contributed by atoms with Crippen molar-refractivity contribution in [3.63, 3.8) is 0 Å². The summed E-state index contributed by atoms with van der Waals surface area (Å²) >= 11 is 9.42. The molecular formula is C25H26BrClN2O3S. The highest BCUT2D eigenvalue weighted by molar-refractivity contribution is 9.10. The number of hydrogen-bond donors (Lipinski definition) is 1. The molecule has 0 aromatic heterocycles. The van der Waals surface area contributed by atoms with Crippen LogP contribution < -0.4 is 5.32 Å². The van der Waals surface area contributed by atoms with Crippen LogP contribution in [-0.2, 0) is 27.7 Å².